The SMILES string of the molecule is CCc1cccnc1-c1nc(CNCC(C)C)cc(=O)[nH]1. The summed E-state index contributed by atoms with van der Waals surface area (Å²) >= 11 is 0. The van der Waals surface area contributed by atoms with Crippen LogP contribution in [-0.2, 0) is 13.0 Å². The second kappa shape index (κ2) is 7.13. The maximum Gasteiger partial charge on any atom is 0.251 e. The first kappa shape index (κ1) is 15.4. The molecule has 0 saturated heterocycles. The van der Waals surface area contributed by atoms with E-state index in [1.54, 1.807) is 6.20 Å². The van der Waals surface area contributed by atoms with Crippen molar-refractivity contribution >= 4 is 0 Å². The van der Waals surface area contributed by atoms with Gasteiger partial charge in [-0.25, -0.2) is 4.98 Å². The third kappa shape index (κ3) is 4.23. The quantitative estimate of drug-likeness (QED) is 0.853. The van der Waals surface area contributed by atoms with Crippen LogP contribution < -0.4 is 10.9 Å². The van der Waals surface area contributed by atoms with Crippen LogP contribution in [0.2, 0.25) is 0 Å². The first-order valence-corrected chi connectivity index (χ1v) is 7.35. The van der Waals surface area contributed by atoms with Crippen molar-refractivity contribution in [3.05, 3.63) is 46.0 Å². The molecule has 112 valence electrons. The molecule has 0 aromatic carbocycles. The lowest BCUT2D eigenvalue weighted by atomic mass is 10.1. The minimum Gasteiger partial charge on any atom is -0.311 e. The average molecular weight is 286 g/mol. The monoisotopic (exact) mass is 286 g/mol. The van der Waals surface area contributed by atoms with Gasteiger partial charge in [0.15, 0.2) is 5.82 Å². The van der Waals surface area contributed by atoms with Gasteiger partial charge in [0.2, 0.25) is 0 Å². The maximum atomic E-state index is 11.8. The predicted octanol–water partition coefficient (Wildman–Crippen LogP) is 2.14. The number of H-pyrrole nitrogens is 1. The van der Waals surface area contributed by atoms with Gasteiger partial charge in [-0.3, -0.25) is 9.78 Å². The van der Waals surface area contributed by atoms with Gasteiger partial charge >= 0.3 is 0 Å². The molecule has 2 N–H and O–H groups in total. The van der Waals surface area contributed by atoms with Gasteiger partial charge in [0.1, 0.15) is 5.69 Å². The van der Waals surface area contributed by atoms with Crippen molar-refractivity contribution in [3.8, 4) is 11.5 Å². The number of pyridine rings is 1. The summed E-state index contributed by atoms with van der Waals surface area (Å²) in [7, 11) is 0. The minimum absolute atomic E-state index is 0.144. The van der Waals surface area contributed by atoms with Gasteiger partial charge in [-0.1, -0.05) is 26.8 Å². The van der Waals surface area contributed by atoms with E-state index in [0.29, 0.717) is 18.3 Å². The van der Waals surface area contributed by atoms with E-state index in [0.717, 1.165) is 29.9 Å². The van der Waals surface area contributed by atoms with E-state index in [4.69, 9.17) is 0 Å². The molecule has 0 unspecified atom stereocenters. The Morgan fingerprint density at radius 1 is 1.38 bits per heavy atom. The molecule has 0 bridgehead atoms. The largest absolute Gasteiger partial charge is 0.311 e. The van der Waals surface area contributed by atoms with Gasteiger partial charge in [0.05, 0.1) is 5.69 Å². The highest BCUT2D eigenvalue weighted by atomic mass is 16.1. The molecule has 0 spiro atoms. The molecule has 0 radical (unpaired) electrons. The van der Waals surface area contributed by atoms with E-state index in [1.807, 2.05) is 12.1 Å². The van der Waals surface area contributed by atoms with Crippen LogP contribution >= 0.6 is 0 Å². The Morgan fingerprint density at radius 3 is 2.90 bits per heavy atom. The molecule has 2 aromatic rings. The molecule has 0 aliphatic heterocycles. The topological polar surface area (TPSA) is 70.7 Å². The van der Waals surface area contributed by atoms with Crippen LogP contribution in [-0.4, -0.2) is 21.5 Å². The summed E-state index contributed by atoms with van der Waals surface area (Å²) in [6.07, 6.45) is 2.57. The van der Waals surface area contributed by atoms with Crippen LogP contribution in [0.15, 0.2) is 29.2 Å². The highest BCUT2D eigenvalue weighted by Gasteiger charge is 2.09. The van der Waals surface area contributed by atoms with Crippen molar-refractivity contribution in [3.63, 3.8) is 0 Å². The molecule has 2 aromatic heterocycles. The third-order valence-corrected chi connectivity index (χ3v) is 3.15. The van der Waals surface area contributed by atoms with Gasteiger partial charge < -0.3 is 10.3 Å². The van der Waals surface area contributed by atoms with Crippen molar-refractivity contribution in [2.75, 3.05) is 6.54 Å². The van der Waals surface area contributed by atoms with E-state index >= 15 is 0 Å². The van der Waals surface area contributed by atoms with Crippen molar-refractivity contribution in [1.82, 2.24) is 20.3 Å². The molecular weight excluding hydrogens is 264 g/mol. The zero-order valence-corrected chi connectivity index (χ0v) is 12.8. The Morgan fingerprint density at radius 2 is 2.19 bits per heavy atom. The summed E-state index contributed by atoms with van der Waals surface area (Å²) in [5, 5.41) is 3.30. The Kier molecular flexibility index (Phi) is 5.22. The zero-order chi connectivity index (χ0) is 15.2. The van der Waals surface area contributed by atoms with E-state index in [2.05, 4.69) is 41.0 Å². The number of hydrogen-bond donors (Lipinski definition) is 2. The zero-order valence-electron chi connectivity index (χ0n) is 12.8. The highest BCUT2D eigenvalue weighted by molar-refractivity contribution is 5.54. The van der Waals surface area contributed by atoms with Crippen LogP contribution in [0.1, 0.15) is 32.0 Å². The van der Waals surface area contributed by atoms with E-state index < -0.39 is 0 Å². The van der Waals surface area contributed by atoms with Crippen LogP contribution in [0.25, 0.3) is 11.5 Å². The molecule has 0 aliphatic carbocycles. The number of aromatic amines is 1. The molecular formula is C16H22N4O. The van der Waals surface area contributed by atoms with E-state index in [1.165, 1.54) is 6.07 Å². The van der Waals surface area contributed by atoms with Gasteiger partial charge in [-0.15, -0.1) is 0 Å². The predicted molar refractivity (Wildman–Crippen MR) is 84.0 cm³/mol. The number of nitrogens with one attached hydrogen (secondary N) is 2. The Balaban J connectivity index is 2.28. The number of aromatic nitrogens is 3. The van der Waals surface area contributed by atoms with Crippen molar-refractivity contribution in [1.29, 1.82) is 0 Å². The van der Waals surface area contributed by atoms with Crippen molar-refractivity contribution < 1.29 is 0 Å². The molecule has 0 aliphatic rings. The normalized spacial score (nSPS) is 11.0. The number of rotatable bonds is 6. The minimum atomic E-state index is -0.144. The Bertz CT molecular complexity index is 649. The maximum absolute atomic E-state index is 11.8. The van der Waals surface area contributed by atoms with Gasteiger partial charge in [0, 0.05) is 18.8 Å². The summed E-state index contributed by atoms with van der Waals surface area (Å²) in [5.41, 5.74) is 2.42. The van der Waals surface area contributed by atoms with Gasteiger partial charge in [0.25, 0.3) is 5.56 Å². The number of nitrogens with zero attached hydrogens (tertiary/aromatic N) is 2. The number of hydrogen-bond acceptors (Lipinski definition) is 4. The standard InChI is InChI=1S/C16H22N4O/c1-4-12-6-5-7-18-15(12)16-19-13(8-14(21)20-16)10-17-9-11(2)3/h5-8,11,17H,4,9-10H2,1-3H3,(H,19,20,21). The number of aryl methyl sites for hydroxylation is 1. The molecule has 0 fully saturated rings. The van der Waals surface area contributed by atoms with Crippen molar-refractivity contribution in [2.45, 2.75) is 33.7 Å². The van der Waals surface area contributed by atoms with Crippen molar-refractivity contribution in [2.24, 2.45) is 5.92 Å². The van der Waals surface area contributed by atoms with Gasteiger partial charge in [-0.2, -0.15) is 0 Å². The van der Waals surface area contributed by atoms with Crippen LogP contribution in [0.5, 0.6) is 0 Å². The summed E-state index contributed by atoms with van der Waals surface area (Å²) < 4.78 is 0. The Labute approximate surface area is 124 Å². The molecule has 0 amide bonds. The molecule has 5 heteroatoms. The molecule has 2 heterocycles. The third-order valence-electron chi connectivity index (χ3n) is 3.15. The van der Waals surface area contributed by atoms with Crippen LogP contribution in [0.3, 0.4) is 0 Å². The summed E-state index contributed by atoms with van der Waals surface area (Å²) in [6.45, 7) is 7.83. The van der Waals surface area contributed by atoms with Crippen LogP contribution in [0, 0.1) is 5.92 Å². The second-order valence-electron chi connectivity index (χ2n) is 5.47. The fourth-order valence-electron chi connectivity index (χ4n) is 2.14. The highest BCUT2D eigenvalue weighted by Crippen LogP contribution is 2.16. The summed E-state index contributed by atoms with van der Waals surface area (Å²) in [5.74, 6) is 1.11. The average Bonchev–Trinajstić information content (AvgIpc) is 2.46. The lowest BCUT2D eigenvalue weighted by molar-refractivity contribution is 0.548. The molecule has 21 heavy (non-hydrogen) atoms. The molecule has 0 atom stereocenters. The summed E-state index contributed by atoms with van der Waals surface area (Å²) in [6, 6.07) is 5.44. The lowest BCUT2D eigenvalue weighted by Crippen LogP contribution is -2.21. The molecule has 2 rings (SSSR count). The first-order valence-electron chi connectivity index (χ1n) is 7.35. The van der Waals surface area contributed by atoms with Crippen LogP contribution in [0.4, 0.5) is 0 Å². The smallest absolute Gasteiger partial charge is 0.251 e. The Hall–Kier alpha value is -2.01. The molecule has 0 saturated carbocycles. The fourth-order valence-corrected chi connectivity index (χ4v) is 2.14. The van der Waals surface area contributed by atoms with E-state index in [9.17, 15) is 4.79 Å². The lowest BCUT2D eigenvalue weighted by Gasteiger charge is -2.09. The second-order valence-corrected chi connectivity index (χ2v) is 5.47. The molecule has 5 nitrogen and oxygen atoms in total. The fraction of sp³-hybridized carbons (Fsp3) is 0.438. The van der Waals surface area contributed by atoms with Gasteiger partial charge in [-0.05, 0) is 30.5 Å². The van der Waals surface area contributed by atoms with E-state index in [-0.39, 0.29) is 5.56 Å². The summed E-state index contributed by atoms with van der Waals surface area (Å²) in [4.78, 5) is 23.5. The first-order chi connectivity index (χ1) is 10.1.